The standard InChI is InChI=1S/C19H12N4O5/c24-13-7-3-10(4-8-13)15-9-14(19(25)26)16-17(21-22-18(16)20-15)11-1-5-12(6-2-11)23(27)28/h1-9,24H,(H,25,26)(H,20,21,22). The van der Waals surface area contributed by atoms with E-state index in [4.69, 9.17) is 0 Å². The van der Waals surface area contributed by atoms with Crippen LogP contribution in [0.15, 0.2) is 54.6 Å². The van der Waals surface area contributed by atoms with Gasteiger partial charge in [-0.3, -0.25) is 15.2 Å². The number of nitrogens with one attached hydrogen (secondary N) is 1. The molecule has 2 aromatic heterocycles. The number of aromatic nitrogens is 3. The van der Waals surface area contributed by atoms with Gasteiger partial charge in [0.2, 0.25) is 0 Å². The number of aromatic hydroxyl groups is 1. The van der Waals surface area contributed by atoms with Gasteiger partial charge in [0, 0.05) is 23.3 Å². The largest absolute Gasteiger partial charge is 0.508 e. The lowest BCUT2D eigenvalue weighted by Crippen LogP contribution is -2.00. The van der Waals surface area contributed by atoms with Crippen molar-refractivity contribution < 1.29 is 19.9 Å². The number of benzene rings is 2. The SMILES string of the molecule is O=C(O)c1cc(-c2ccc(O)cc2)nc2n[nH]c(-c3ccc([N+](=O)[O-])cc3)c12. The van der Waals surface area contributed by atoms with Crippen LogP contribution in [0.3, 0.4) is 0 Å². The summed E-state index contributed by atoms with van der Waals surface area (Å²) < 4.78 is 0. The van der Waals surface area contributed by atoms with E-state index in [0.29, 0.717) is 27.9 Å². The Morgan fingerprint density at radius 3 is 2.29 bits per heavy atom. The van der Waals surface area contributed by atoms with Gasteiger partial charge in [0.25, 0.3) is 5.69 Å². The van der Waals surface area contributed by atoms with E-state index in [0.717, 1.165) is 0 Å². The lowest BCUT2D eigenvalue weighted by Gasteiger charge is -2.06. The number of carbonyl (C=O) groups is 1. The minimum absolute atomic E-state index is 0.00447. The van der Waals surface area contributed by atoms with Gasteiger partial charge in [-0.05, 0) is 42.5 Å². The fraction of sp³-hybridized carbons (Fsp3) is 0. The minimum atomic E-state index is -1.16. The number of phenols is 1. The van der Waals surface area contributed by atoms with Crippen molar-refractivity contribution in [3.63, 3.8) is 0 Å². The summed E-state index contributed by atoms with van der Waals surface area (Å²) in [7, 11) is 0. The van der Waals surface area contributed by atoms with Crippen molar-refractivity contribution >= 4 is 22.7 Å². The summed E-state index contributed by atoms with van der Waals surface area (Å²) in [5.74, 6) is -1.07. The number of hydrogen-bond donors (Lipinski definition) is 3. The maximum absolute atomic E-state index is 11.9. The maximum Gasteiger partial charge on any atom is 0.336 e. The predicted molar refractivity (Wildman–Crippen MR) is 100 cm³/mol. The zero-order valence-electron chi connectivity index (χ0n) is 14.2. The van der Waals surface area contributed by atoms with E-state index in [9.17, 15) is 25.1 Å². The number of phenolic OH excluding ortho intramolecular Hbond substituents is 1. The number of non-ortho nitro benzene ring substituents is 1. The third kappa shape index (κ3) is 2.90. The summed E-state index contributed by atoms with van der Waals surface area (Å²) in [5.41, 5.74) is 2.11. The first-order valence-corrected chi connectivity index (χ1v) is 8.10. The number of nitrogens with zero attached hydrogens (tertiary/aromatic N) is 3. The third-order valence-corrected chi connectivity index (χ3v) is 4.28. The Morgan fingerprint density at radius 1 is 1.04 bits per heavy atom. The molecule has 9 nitrogen and oxygen atoms in total. The summed E-state index contributed by atoms with van der Waals surface area (Å²) in [4.78, 5) is 26.6. The minimum Gasteiger partial charge on any atom is -0.508 e. The Morgan fingerprint density at radius 2 is 1.68 bits per heavy atom. The number of carboxylic acid groups (broad SMARTS) is 1. The van der Waals surface area contributed by atoms with Gasteiger partial charge in [0.15, 0.2) is 5.65 Å². The van der Waals surface area contributed by atoms with Gasteiger partial charge in [-0.15, -0.1) is 0 Å². The zero-order valence-corrected chi connectivity index (χ0v) is 14.2. The van der Waals surface area contributed by atoms with Gasteiger partial charge >= 0.3 is 5.97 Å². The molecule has 0 unspecified atom stereocenters. The highest BCUT2D eigenvalue weighted by Gasteiger charge is 2.20. The molecule has 4 rings (SSSR count). The highest BCUT2D eigenvalue weighted by Crippen LogP contribution is 2.32. The van der Waals surface area contributed by atoms with Gasteiger partial charge in [-0.25, -0.2) is 9.78 Å². The number of aromatic amines is 1. The first kappa shape index (κ1) is 17.2. The van der Waals surface area contributed by atoms with Crippen LogP contribution in [0.2, 0.25) is 0 Å². The van der Waals surface area contributed by atoms with Crippen LogP contribution in [0, 0.1) is 10.1 Å². The molecule has 2 aromatic carbocycles. The Balaban J connectivity index is 1.89. The summed E-state index contributed by atoms with van der Waals surface area (Å²) in [6.07, 6.45) is 0. The number of hydrogen-bond acceptors (Lipinski definition) is 6. The molecule has 0 saturated carbocycles. The second kappa shape index (κ2) is 6.47. The number of fused-ring (bicyclic) bond motifs is 1. The molecule has 0 aliphatic carbocycles. The summed E-state index contributed by atoms with van der Waals surface area (Å²) in [6.45, 7) is 0. The number of rotatable bonds is 4. The topological polar surface area (TPSA) is 142 Å². The molecule has 0 aliphatic rings. The van der Waals surface area contributed by atoms with Crippen LogP contribution in [0.25, 0.3) is 33.5 Å². The van der Waals surface area contributed by atoms with Gasteiger partial charge in [-0.1, -0.05) is 0 Å². The van der Waals surface area contributed by atoms with E-state index in [1.807, 2.05) is 0 Å². The molecular formula is C19H12N4O5. The van der Waals surface area contributed by atoms with Crippen molar-refractivity contribution in [2.24, 2.45) is 0 Å². The van der Waals surface area contributed by atoms with Crippen LogP contribution < -0.4 is 0 Å². The number of carboxylic acids is 1. The Bertz CT molecular complexity index is 1210. The fourth-order valence-corrected chi connectivity index (χ4v) is 2.93. The zero-order chi connectivity index (χ0) is 19.8. The Labute approximate surface area is 157 Å². The number of nitro benzene ring substituents is 1. The van der Waals surface area contributed by atoms with E-state index < -0.39 is 10.9 Å². The quantitative estimate of drug-likeness (QED) is 0.365. The van der Waals surface area contributed by atoms with Crippen LogP contribution in [0.5, 0.6) is 5.75 Å². The number of H-pyrrole nitrogens is 1. The van der Waals surface area contributed by atoms with Crippen LogP contribution in [0.1, 0.15) is 10.4 Å². The molecule has 2 heterocycles. The van der Waals surface area contributed by atoms with Crippen LogP contribution in [0.4, 0.5) is 5.69 Å². The first-order chi connectivity index (χ1) is 13.4. The van der Waals surface area contributed by atoms with Crippen LogP contribution in [-0.4, -0.2) is 36.3 Å². The highest BCUT2D eigenvalue weighted by atomic mass is 16.6. The summed E-state index contributed by atoms with van der Waals surface area (Å²) in [5, 5.41) is 37.2. The molecule has 4 aromatic rings. The fourth-order valence-electron chi connectivity index (χ4n) is 2.93. The Kier molecular flexibility index (Phi) is 3.96. The van der Waals surface area contributed by atoms with E-state index in [1.54, 1.807) is 12.1 Å². The molecular weight excluding hydrogens is 364 g/mol. The molecule has 0 radical (unpaired) electrons. The van der Waals surface area contributed by atoms with Crippen molar-refractivity contribution in [1.82, 2.24) is 15.2 Å². The van der Waals surface area contributed by atoms with Crippen molar-refractivity contribution in [1.29, 1.82) is 0 Å². The predicted octanol–water partition coefficient (Wildman–Crippen LogP) is 3.60. The van der Waals surface area contributed by atoms with Crippen LogP contribution >= 0.6 is 0 Å². The molecule has 0 fully saturated rings. The molecule has 0 atom stereocenters. The van der Waals surface area contributed by atoms with E-state index >= 15 is 0 Å². The molecule has 28 heavy (non-hydrogen) atoms. The normalized spacial score (nSPS) is 10.9. The number of pyridine rings is 1. The van der Waals surface area contributed by atoms with E-state index in [-0.39, 0.29) is 22.6 Å². The molecule has 0 aliphatic heterocycles. The second-order valence-corrected chi connectivity index (χ2v) is 6.01. The van der Waals surface area contributed by atoms with Gasteiger partial charge < -0.3 is 10.2 Å². The third-order valence-electron chi connectivity index (χ3n) is 4.28. The summed E-state index contributed by atoms with van der Waals surface area (Å²) in [6, 6.07) is 13.3. The molecule has 9 heteroatoms. The van der Waals surface area contributed by atoms with E-state index in [2.05, 4.69) is 15.2 Å². The van der Waals surface area contributed by atoms with E-state index in [1.165, 1.54) is 42.5 Å². The lowest BCUT2D eigenvalue weighted by molar-refractivity contribution is -0.384. The number of aromatic carboxylic acids is 1. The molecule has 0 bridgehead atoms. The smallest absolute Gasteiger partial charge is 0.336 e. The monoisotopic (exact) mass is 376 g/mol. The molecule has 3 N–H and O–H groups in total. The van der Waals surface area contributed by atoms with Gasteiger partial charge in [-0.2, -0.15) is 5.10 Å². The number of nitro groups is 1. The van der Waals surface area contributed by atoms with Crippen molar-refractivity contribution in [2.75, 3.05) is 0 Å². The maximum atomic E-state index is 11.9. The van der Waals surface area contributed by atoms with Crippen molar-refractivity contribution in [3.05, 3.63) is 70.3 Å². The first-order valence-electron chi connectivity index (χ1n) is 8.10. The average molecular weight is 376 g/mol. The summed E-state index contributed by atoms with van der Waals surface area (Å²) >= 11 is 0. The van der Waals surface area contributed by atoms with Crippen LogP contribution in [-0.2, 0) is 0 Å². The Hall–Kier alpha value is -4.27. The van der Waals surface area contributed by atoms with Crippen molar-refractivity contribution in [2.45, 2.75) is 0 Å². The molecule has 0 amide bonds. The van der Waals surface area contributed by atoms with Gasteiger partial charge in [0.05, 0.1) is 27.3 Å². The lowest BCUT2D eigenvalue weighted by atomic mass is 10.0. The van der Waals surface area contributed by atoms with Crippen molar-refractivity contribution in [3.8, 4) is 28.3 Å². The molecule has 0 saturated heterocycles. The van der Waals surface area contributed by atoms with Gasteiger partial charge in [0.1, 0.15) is 5.75 Å². The average Bonchev–Trinajstić information content (AvgIpc) is 3.11. The second-order valence-electron chi connectivity index (χ2n) is 6.01. The molecule has 0 spiro atoms. The molecule has 138 valence electrons. The highest BCUT2D eigenvalue weighted by molar-refractivity contribution is 6.08.